The standard InChI is InChI=1S/C16H23N5O/c1-12-14(13(2)19-21-11-17-18-16(12)21)7-8-15(22)20-9-5-3-4-6-10-20/h11H,3-10H2,1-2H3. The predicted octanol–water partition coefficient (Wildman–Crippen LogP) is 2.08. The van der Waals surface area contributed by atoms with E-state index in [2.05, 4.69) is 15.3 Å². The first-order chi connectivity index (χ1) is 10.7. The molecular weight excluding hydrogens is 278 g/mol. The molecule has 0 spiro atoms. The van der Waals surface area contributed by atoms with Crippen molar-refractivity contribution in [3.63, 3.8) is 0 Å². The highest BCUT2D eigenvalue weighted by molar-refractivity contribution is 5.76. The van der Waals surface area contributed by atoms with Crippen LogP contribution in [0.5, 0.6) is 0 Å². The molecule has 1 fully saturated rings. The van der Waals surface area contributed by atoms with E-state index in [1.807, 2.05) is 18.7 Å². The van der Waals surface area contributed by atoms with Crippen molar-refractivity contribution in [1.29, 1.82) is 0 Å². The number of hydrogen-bond donors (Lipinski definition) is 0. The summed E-state index contributed by atoms with van der Waals surface area (Å²) in [5.41, 5.74) is 3.94. The second kappa shape index (κ2) is 6.42. The minimum Gasteiger partial charge on any atom is -0.343 e. The molecule has 0 atom stereocenters. The second-order valence-corrected chi connectivity index (χ2v) is 6.08. The lowest BCUT2D eigenvalue weighted by atomic mass is 10.0. The predicted molar refractivity (Wildman–Crippen MR) is 83.6 cm³/mol. The van der Waals surface area contributed by atoms with E-state index in [4.69, 9.17) is 0 Å². The van der Waals surface area contributed by atoms with Crippen molar-refractivity contribution in [3.8, 4) is 0 Å². The summed E-state index contributed by atoms with van der Waals surface area (Å²) in [5, 5.41) is 12.5. The maximum Gasteiger partial charge on any atom is 0.222 e. The summed E-state index contributed by atoms with van der Waals surface area (Å²) in [6.07, 6.45) is 7.65. The molecular formula is C16H23N5O. The molecule has 3 heterocycles. The Morgan fingerprint density at radius 1 is 1.18 bits per heavy atom. The van der Waals surface area contributed by atoms with Gasteiger partial charge in [-0.15, -0.1) is 10.2 Å². The molecule has 0 radical (unpaired) electrons. The summed E-state index contributed by atoms with van der Waals surface area (Å²) in [5.74, 6) is 0.266. The Labute approximate surface area is 130 Å². The smallest absolute Gasteiger partial charge is 0.222 e. The fourth-order valence-electron chi connectivity index (χ4n) is 3.26. The number of hydrogen-bond acceptors (Lipinski definition) is 4. The monoisotopic (exact) mass is 301 g/mol. The average molecular weight is 301 g/mol. The number of likely N-dealkylation sites (tertiary alicyclic amines) is 1. The summed E-state index contributed by atoms with van der Waals surface area (Å²) in [7, 11) is 0. The van der Waals surface area contributed by atoms with Crippen molar-refractivity contribution in [2.45, 2.75) is 52.4 Å². The SMILES string of the molecule is Cc1nn2cnnc2c(C)c1CCC(=O)N1CCCCCC1. The van der Waals surface area contributed by atoms with Crippen LogP contribution in [0.1, 0.15) is 48.9 Å². The fourth-order valence-corrected chi connectivity index (χ4v) is 3.26. The molecule has 6 heteroatoms. The van der Waals surface area contributed by atoms with Gasteiger partial charge in [-0.3, -0.25) is 4.79 Å². The van der Waals surface area contributed by atoms with Crippen LogP contribution in [0, 0.1) is 13.8 Å². The first-order valence-electron chi connectivity index (χ1n) is 8.10. The van der Waals surface area contributed by atoms with Crippen molar-refractivity contribution in [1.82, 2.24) is 24.7 Å². The molecule has 2 aromatic rings. The number of aryl methyl sites for hydroxylation is 2. The summed E-state index contributed by atoms with van der Waals surface area (Å²) < 4.78 is 1.70. The third-order valence-electron chi connectivity index (χ3n) is 4.56. The Hall–Kier alpha value is -1.98. The van der Waals surface area contributed by atoms with E-state index in [1.54, 1.807) is 10.8 Å². The highest BCUT2D eigenvalue weighted by atomic mass is 16.2. The van der Waals surface area contributed by atoms with Crippen LogP contribution < -0.4 is 0 Å². The molecule has 0 unspecified atom stereocenters. The number of rotatable bonds is 3. The van der Waals surface area contributed by atoms with Crippen molar-refractivity contribution < 1.29 is 4.79 Å². The van der Waals surface area contributed by atoms with Gasteiger partial charge in [0.1, 0.15) is 6.33 Å². The topological polar surface area (TPSA) is 63.4 Å². The summed E-state index contributed by atoms with van der Waals surface area (Å²) >= 11 is 0. The first-order valence-corrected chi connectivity index (χ1v) is 8.10. The van der Waals surface area contributed by atoms with Crippen LogP contribution in [-0.2, 0) is 11.2 Å². The summed E-state index contributed by atoms with van der Waals surface area (Å²) in [4.78, 5) is 14.5. The maximum absolute atomic E-state index is 12.4. The van der Waals surface area contributed by atoms with E-state index in [0.717, 1.165) is 54.8 Å². The third-order valence-corrected chi connectivity index (χ3v) is 4.56. The largest absolute Gasteiger partial charge is 0.343 e. The van der Waals surface area contributed by atoms with Crippen LogP contribution in [-0.4, -0.2) is 43.7 Å². The number of nitrogens with zero attached hydrogens (tertiary/aromatic N) is 5. The second-order valence-electron chi connectivity index (χ2n) is 6.08. The molecule has 1 aliphatic rings. The molecule has 0 bridgehead atoms. The number of carbonyl (C=O) groups is 1. The first kappa shape index (κ1) is 14.9. The molecule has 118 valence electrons. The van der Waals surface area contributed by atoms with Crippen LogP contribution in [0.4, 0.5) is 0 Å². The zero-order valence-corrected chi connectivity index (χ0v) is 13.4. The minimum atomic E-state index is 0.266. The molecule has 0 N–H and O–H groups in total. The molecule has 3 rings (SSSR count). The van der Waals surface area contributed by atoms with Gasteiger partial charge in [-0.2, -0.15) is 5.10 Å². The summed E-state index contributed by atoms with van der Waals surface area (Å²) in [6, 6.07) is 0. The Bertz CT molecular complexity index is 670. The number of fused-ring (bicyclic) bond motifs is 1. The molecule has 1 amide bonds. The average Bonchev–Trinajstić information content (AvgIpc) is 2.80. The van der Waals surface area contributed by atoms with Gasteiger partial charge in [0.15, 0.2) is 5.65 Å². The Morgan fingerprint density at radius 3 is 2.64 bits per heavy atom. The van der Waals surface area contributed by atoms with Crippen molar-refractivity contribution in [2.24, 2.45) is 0 Å². The molecule has 0 saturated carbocycles. The van der Waals surface area contributed by atoms with Gasteiger partial charge in [-0.05, 0) is 38.7 Å². The normalized spacial score (nSPS) is 16.0. The molecule has 1 aliphatic heterocycles. The van der Waals surface area contributed by atoms with Gasteiger partial charge in [0, 0.05) is 25.1 Å². The molecule has 2 aromatic heterocycles. The lowest BCUT2D eigenvalue weighted by Gasteiger charge is -2.20. The van der Waals surface area contributed by atoms with Gasteiger partial charge in [-0.25, -0.2) is 4.52 Å². The van der Waals surface area contributed by atoms with E-state index >= 15 is 0 Å². The van der Waals surface area contributed by atoms with Crippen LogP contribution in [0.15, 0.2) is 6.33 Å². The minimum absolute atomic E-state index is 0.266. The highest BCUT2D eigenvalue weighted by Gasteiger charge is 2.17. The van der Waals surface area contributed by atoms with Gasteiger partial charge in [0.2, 0.25) is 5.91 Å². The van der Waals surface area contributed by atoms with E-state index in [1.165, 1.54) is 12.8 Å². The number of amides is 1. The Balaban J connectivity index is 1.71. The van der Waals surface area contributed by atoms with Gasteiger partial charge in [0.05, 0.1) is 5.69 Å². The van der Waals surface area contributed by atoms with Crippen LogP contribution in [0.3, 0.4) is 0 Å². The van der Waals surface area contributed by atoms with Crippen molar-refractivity contribution >= 4 is 11.6 Å². The summed E-state index contributed by atoms with van der Waals surface area (Å²) in [6.45, 7) is 5.85. The highest BCUT2D eigenvalue weighted by Crippen LogP contribution is 2.18. The van der Waals surface area contributed by atoms with Crippen molar-refractivity contribution in [3.05, 3.63) is 23.1 Å². The molecule has 6 nitrogen and oxygen atoms in total. The lowest BCUT2D eigenvalue weighted by Crippen LogP contribution is -2.32. The lowest BCUT2D eigenvalue weighted by molar-refractivity contribution is -0.131. The molecule has 0 aromatic carbocycles. The van der Waals surface area contributed by atoms with Gasteiger partial charge in [0.25, 0.3) is 0 Å². The van der Waals surface area contributed by atoms with E-state index in [-0.39, 0.29) is 5.91 Å². The van der Waals surface area contributed by atoms with Crippen molar-refractivity contribution in [2.75, 3.05) is 13.1 Å². The molecule has 1 saturated heterocycles. The van der Waals surface area contributed by atoms with E-state index in [9.17, 15) is 4.79 Å². The number of carbonyl (C=O) groups excluding carboxylic acids is 1. The molecule has 0 aliphatic carbocycles. The maximum atomic E-state index is 12.4. The van der Waals surface area contributed by atoms with Crippen LogP contribution in [0.25, 0.3) is 5.65 Å². The van der Waals surface area contributed by atoms with Crippen LogP contribution >= 0.6 is 0 Å². The van der Waals surface area contributed by atoms with Gasteiger partial charge < -0.3 is 4.90 Å². The van der Waals surface area contributed by atoms with Gasteiger partial charge in [-0.1, -0.05) is 12.8 Å². The van der Waals surface area contributed by atoms with E-state index in [0.29, 0.717) is 6.42 Å². The molecule has 22 heavy (non-hydrogen) atoms. The Kier molecular flexibility index (Phi) is 4.36. The third kappa shape index (κ3) is 2.96. The fraction of sp³-hybridized carbons (Fsp3) is 0.625. The Morgan fingerprint density at radius 2 is 1.91 bits per heavy atom. The number of aromatic nitrogens is 4. The quantitative estimate of drug-likeness (QED) is 0.870. The zero-order chi connectivity index (χ0) is 15.5. The van der Waals surface area contributed by atoms with E-state index < -0.39 is 0 Å². The zero-order valence-electron chi connectivity index (χ0n) is 13.4. The van der Waals surface area contributed by atoms with Crippen LogP contribution in [0.2, 0.25) is 0 Å². The van der Waals surface area contributed by atoms with Gasteiger partial charge >= 0.3 is 0 Å².